The van der Waals surface area contributed by atoms with Crippen molar-refractivity contribution in [1.82, 2.24) is 0 Å². The predicted molar refractivity (Wildman–Crippen MR) is 77.1 cm³/mol. The lowest BCUT2D eigenvalue weighted by molar-refractivity contribution is 0.196. The molecule has 0 saturated carbocycles. The van der Waals surface area contributed by atoms with Gasteiger partial charge < -0.3 is 24.1 Å². The summed E-state index contributed by atoms with van der Waals surface area (Å²) in [5.74, 6) is -0.184. The molecule has 2 N–H and O–H groups in total. The van der Waals surface area contributed by atoms with Crippen LogP contribution < -0.4 is 15.1 Å². The van der Waals surface area contributed by atoms with Crippen molar-refractivity contribution in [3.8, 4) is 17.2 Å². The van der Waals surface area contributed by atoms with Gasteiger partial charge in [0.2, 0.25) is 5.75 Å². The van der Waals surface area contributed by atoms with Crippen LogP contribution in [-0.4, -0.2) is 29.5 Å². The molecule has 0 fully saturated rings. The molecule has 0 aliphatic heterocycles. The van der Waals surface area contributed by atoms with E-state index in [1.165, 1.54) is 0 Å². The molecule has 6 nitrogen and oxygen atoms in total. The molecule has 0 aliphatic rings. The number of aliphatic hydroxyl groups excluding tert-OH is 1. The molecule has 2 rings (SSSR count). The van der Waals surface area contributed by atoms with Crippen molar-refractivity contribution in [1.29, 1.82) is 0 Å². The molecule has 0 saturated heterocycles. The van der Waals surface area contributed by atoms with E-state index in [-0.39, 0.29) is 42.1 Å². The number of hydrogen-bond acceptors (Lipinski definition) is 6. The van der Waals surface area contributed by atoms with Crippen molar-refractivity contribution in [2.45, 2.75) is 26.4 Å². The summed E-state index contributed by atoms with van der Waals surface area (Å²) < 4.78 is 15.9. The van der Waals surface area contributed by atoms with E-state index in [0.717, 1.165) is 0 Å². The third kappa shape index (κ3) is 3.11. The molecule has 0 aliphatic carbocycles. The quantitative estimate of drug-likeness (QED) is 0.793. The Bertz CT molecular complexity index is 676. The summed E-state index contributed by atoms with van der Waals surface area (Å²) in [6, 6.07) is 4.85. The average molecular weight is 294 g/mol. The van der Waals surface area contributed by atoms with E-state index >= 15 is 0 Å². The molecular weight excluding hydrogens is 276 g/mol. The zero-order chi connectivity index (χ0) is 15.4. The molecule has 114 valence electrons. The minimum absolute atomic E-state index is 0.0642. The Morgan fingerprint density at radius 3 is 2.81 bits per heavy atom. The number of ether oxygens (including phenoxy) is 2. The standard InChI is InChI=1S/C15H18O6/c1-3-9(2)20-14-12(17)10-5-4-6-11(19-8-7-16)13(10)21-15(14)18/h4-6,9,16-17H,3,7-8H2,1-2H3. The van der Waals surface area contributed by atoms with Crippen molar-refractivity contribution in [3.05, 3.63) is 28.6 Å². The lowest BCUT2D eigenvalue weighted by atomic mass is 10.2. The van der Waals surface area contributed by atoms with Gasteiger partial charge in [-0.15, -0.1) is 0 Å². The van der Waals surface area contributed by atoms with Gasteiger partial charge in [0.1, 0.15) is 6.61 Å². The fraction of sp³-hybridized carbons (Fsp3) is 0.400. The maximum Gasteiger partial charge on any atom is 0.383 e. The fourth-order valence-corrected chi connectivity index (χ4v) is 1.82. The Kier molecular flexibility index (Phi) is 4.70. The van der Waals surface area contributed by atoms with Gasteiger partial charge in [0.05, 0.1) is 18.1 Å². The SMILES string of the molecule is CCC(C)Oc1c(O)c2cccc(OCCO)c2oc1=O. The van der Waals surface area contributed by atoms with Crippen LogP contribution in [0.3, 0.4) is 0 Å². The van der Waals surface area contributed by atoms with Crippen LogP contribution in [0.4, 0.5) is 0 Å². The molecule has 1 heterocycles. The smallest absolute Gasteiger partial charge is 0.383 e. The van der Waals surface area contributed by atoms with Crippen LogP contribution in [-0.2, 0) is 0 Å². The second-order valence-corrected chi connectivity index (χ2v) is 4.61. The van der Waals surface area contributed by atoms with Crippen molar-refractivity contribution in [2.24, 2.45) is 0 Å². The molecule has 0 bridgehead atoms. The summed E-state index contributed by atoms with van der Waals surface area (Å²) in [6.45, 7) is 3.60. The van der Waals surface area contributed by atoms with Gasteiger partial charge in [-0.25, -0.2) is 4.79 Å². The molecule has 6 heteroatoms. The number of aliphatic hydroxyl groups is 1. The lowest BCUT2D eigenvalue weighted by Gasteiger charge is -2.14. The number of aromatic hydroxyl groups is 1. The highest BCUT2D eigenvalue weighted by molar-refractivity contribution is 5.89. The normalized spacial score (nSPS) is 12.3. The second kappa shape index (κ2) is 6.49. The van der Waals surface area contributed by atoms with Gasteiger partial charge in [-0.3, -0.25) is 0 Å². The molecule has 1 atom stereocenters. The van der Waals surface area contributed by atoms with Gasteiger partial charge in [-0.1, -0.05) is 13.0 Å². The van der Waals surface area contributed by atoms with E-state index in [4.69, 9.17) is 19.0 Å². The summed E-state index contributed by atoms with van der Waals surface area (Å²) >= 11 is 0. The highest BCUT2D eigenvalue weighted by atomic mass is 16.5. The number of rotatable bonds is 6. The van der Waals surface area contributed by atoms with E-state index in [1.54, 1.807) is 25.1 Å². The molecule has 0 spiro atoms. The highest BCUT2D eigenvalue weighted by Gasteiger charge is 2.19. The Balaban J connectivity index is 2.54. The van der Waals surface area contributed by atoms with Crippen LogP contribution in [0.1, 0.15) is 20.3 Å². The molecule has 0 radical (unpaired) electrons. The third-order valence-electron chi connectivity index (χ3n) is 3.07. The molecular formula is C15H18O6. The van der Waals surface area contributed by atoms with E-state index in [2.05, 4.69) is 0 Å². The monoisotopic (exact) mass is 294 g/mol. The Hall–Kier alpha value is -2.21. The van der Waals surface area contributed by atoms with Crippen molar-refractivity contribution in [2.75, 3.05) is 13.2 Å². The summed E-state index contributed by atoms with van der Waals surface area (Å²) in [7, 11) is 0. The summed E-state index contributed by atoms with van der Waals surface area (Å²) in [6.07, 6.45) is 0.474. The van der Waals surface area contributed by atoms with Gasteiger partial charge in [0.15, 0.2) is 17.1 Å². The lowest BCUT2D eigenvalue weighted by Crippen LogP contribution is -2.16. The van der Waals surface area contributed by atoms with Gasteiger partial charge in [0, 0.05) is 0 Å². The van der Waals surface area contributed by atoms with Crippen LogP contribution in [0.5, 0.6) is 17.2 Å². The summed E-state index contributed by atoms with van der Waals surface area (Å²) in [5.41, 5.74) is -0.634. The van der Waals surface area contributed by atoms with E-state index in [9.17, 15) is 9.90 Å². The molecule has 21 heavy (non-hydrogen) atoms. The van der Waals surface area contributed by atoms with Gasteiger partial charge >= 0.3 is 5.63 Å². The van der Waals surface area contributed by atoms with Crippen LogP contribution in [0.25, 0.3) is 11.0 Å². The Morgan fingerprint density at radius 2 is 2.14 bits per heavy atom. The van der Waals surface area contributed by atoms with E-state index in [0.29, 0.717) is 11.8 Å². The predicted octanol–water partition coefficient (Wildman–Crippen LogP) is 2.05. The second-order valence-electron chi connectivity index (χ2n) is 4.61. The molecule has 1 aromatic carbocycles. The Labute approximate surface area is 121 Å². The first-order valence-electron chi connectivity index (χ1n) is 6.77. The van der Waals surface area contributed by atoms with E-state index in [1.807, 2.05) is 6.92 Å². The van der Waals surface area contributed by atoms with Gasteiger partial charge in [-0.05, 0) is 25.5 Å². The zero-order valence-corrected chi connectivity index (χ0v) is 12.0. The van der Waals surface area contributed by atoms with Crippen LogP contribution in [0, 0.1) is 0 Å². The summed E-state index contributed by atoms with van der Waals surface area (Å²) in [4.78, 5) is 12.0. The van der Waals surface area contributed by atoms with Crippen LogP contribution in [0.15, 0.2) is 27.4 Å². The van der Waals surface area contributed by atoms with Gasteiger partial charge in [-0.2, -0.15) is 0 Å². The average Bonchev–Trinajstić information content (AvgIpc) is 2.49. The number of benzene rings is 1. The largest absolute Gasteiger partial charge is 0.504 e. The molecule has 1 aromatic heterocycles. The van der Waals surface area contributed by atoms with E-state index < -0.39 is 5.63 Å². The molecule has 0 amide bonds. The maximum atomic E-state index is 12.0. The van der Waals surface area contributed by atoms with Gasteiger partial charge in [0.25, 0.3) is 0 Å². The third-order valence-corrected chi connectivity index (χ3v) is 3.07. The summed E-state index contributed by atoms with van der Waals surface area (Å²) in [5, 5.41) is 19.3. The minimum atomic E-state index is -0.764. The fourth-order valence-electron chi connectivity index (χ4n) is 1.82. The molecule has 1 unspecified atom stereocenters. The van der Waals surface area contributed by atoms with Crippen LogP contribution >= 0.6 is 0 Å². The van der Waals surface area contributed by atoms with Crippen molar-refractivity contribution in [3.63, 3.8) is 0 Å². The maximum absolute atomic E-state index is 12.0. The molecule has 2 aromatic rings. The first-order valence-corrected chi connectivity index (χ1v) is 6.77. The van der Waals surface area contributed by atoms with Crippen molar-refractivity contribution >= 4 is 11.0 Å². The highest BCUT2D eigenvalue weighted by Crippen LogP contribution is 2.36. The first-order chi connectivity index (χ1) is 10.1. The number of hydrogen-bond donors (Lipinski definition) is 2. The van der Waals surface area contributed by atoms with Crippen molar-refractivity contribution < 1.29 is 24.1 Å². The Morgan fingerprint density at radius 1 is 1.38 bits per heavy atom. The number of para-hydroxylation sites is 1. The minimum Gasteiger partial charge on any atom is -0.504 e. The van der Waals surface area contributed by atoms with Crippen LogP contribution in [0.2, 0.25) is 0 Å². The topological polar surface area (TPSA) is 89.1 Å². The number of fused-ring (bicyclic) bond motifs is 1. The zero-order valence-electron chi connectivity index (χ0n) is 12.0. The first kappa shape index (κ1) is 15.2.